The summed E-state index contributed by atoms with van der Waals surface area (Å²) >= 11 is 0. The minimum atomic E-state index is -4.02. The van der Waals surface area contributed by atoms with Gasteiger partial charge in [-0.1, -0.05) is 6.07 Å². The van der Waals surface area contributed by atoms with Gasteiger partial charge in [-0.15, -0.1) is 0 Å². The predicted octanol–water partition coefficient (Wildman–Crippen LogP) is 1.49. The van der Waals surface area contributed by atoms with Crippen LogP contribution in [0.2, 0.25) is 0 Å². The Labute approximate surface area is 116 Å². The maximum Gasteiger partial charge on any atom is 0.339 e. The maximum absolute atomic E-state index is 12.1. The molecule has 0 aliphatic rings. The lowest BCUT2D eigenvalue weighted by Crippen LogP contribution is -2.10. The lowest BCUT2D eigenvalue weighted by Gasteiger charge is -2.08. The molecule has 0 fully saturated rings. The van der Waals surface area contributed by atoms with Crippen molar-refractivity contribution in [2.75, 3.05) is 11.5 Å². The van der Waals surface area contributed by atoms with Crippen molar-refractivity contribution in [2.24, 2.45) is 0 Å². The maximum atomic E-state index is 12.1. The van der Waals surface area contributed by atoms with Gasteiger partial charge in [-0.05, 0) is 36.4 Å². The van der Waals surface area contributed by atoms with Crippen molar-refractivity contribution in [1.29, 1.82) is 5.26 Å². The molecule has 2 aromatic carbocycles. The number of nitriles is 1. The van der Waals surface area contributed by atoms with Crippen molar-refractivity contribution in [3.63, 3.8) is 0 Å². The first-order chi connectivity index (χ1) is 9.42. The van der Waals surface area contributed by atoms with Gasteiger partial charge in [0.15, 0.2) is 0 Å². The van der Waals surface area contributed by atoms with Crippen LogP contribution in [0.15, 0.2) is 47.4 Å². The fourth-order valence-corrected chi connectivity index (χ4v) is 2.46. The minimum Gasteiger partial charge on any atom is -0.397 e. The van der Waals surface area contributed by atoms with Crippen molar-refractivity contribution in [2.45, 2.75) is 4.90 Å². The quantitative estimate of drug-likeness (QED) is 0.652. The molecule has 0 saturated carbocycles. The Morgan fingerprint density at radius 3 is 2.45 bits per heavy atom. The van der Waals surface area contributed by atoms with Gasteiger partial charge in [-0.2, -0.15) is 13.7 Å². The van der Waals surface area contributed by atoms with Gasteiger partial charge in [-0.25, -0.2) is 0 Å². The first-order valence-corrected chi connectivity index (χ1v) is 6.93. The van der Waals surface area contributed by atoms with Gasteiger partial charge < -0.3 is 15.7 Å². The van der Waals surface area contributed by atoms with Crippen LogP contribution in [0.25, 0.3) is 0 Å². The molecule has 2 rings (SSSR count). The molecule has 0 bridgehead atoms. The fourth-order valence-electron chi connectivity index (χ4n) is 1.50. The first kappa shape index (κ1) is 13.7. The third-order valence-corrected chi connectivity index (χ3v) is 3.76. The standard InChI is InChI=1S/C13H11N3O3S/c14-8-9-2-1-3-10(6-9)19-20(17,18)11-4-5-12(15)13(16)7-11/h1-7H,15-16H2. The molecule has 0 saturated heterocycles. The highest BCUT2D eigenvalue weighted by molar-refractivity contribution is 7.87. The van der Waals surface area contributed by atoms with E-state index in [1.807, 2.05) is 6.07 Å². The van der Waals surface area contributed by atoms with Gasteiger partial charge in [0.1, 0.15) is 10.6 Å². The monoisotopic (exact) mass is 289 g/mol. The summed E-state index contributed by atoms with van der Waals surface area (Å²) in [4.78, 5) is -0.105. The second-order valence-corrected chi connectivity index (χ2v) is 5.51. The van der Waals surface area contributed by atoms with E-state index >= 15 is 0 Å². The van der Waals surface area contributed by atoms with E-state index < -0.39 is 10.1 Å². The van der Waals surface area contributed by atoms with Crippen LogP contribution in [-0.4, -0.2) is 8.42 Å². The number of benzene rings is 2. The Hall–Kier alpha value is -2.72. The van der Waals surface area contributed by atoms with Crippen molar-refractivity contribution < 1.29 is 12.6 Å². The molecule has 4 N–H and O–H groups in total. The van der Waals surface area contributed by atoms with E-state index in [9.17, 15) is 8.42 Å². The molecule has 0 radical (unpaired) electrons. The molecule has 0 spiro atoms. The number of nitrogens with two attached hydrogens (primary N) is 2. The number of nitrogens with zero attached hydrogens (tertiary/aromatic N) is 1. The van der Waals surface area contributed by atoms with Gasteiger partial charge >= 0.3 is 10.1 Å². The van der Waals surface area contributed by atoms with Gasteiger partial charge in [0.25, 0.3) is 0 Å². The lowest BCUT2D eigenvalue weighted by molar-refractivity contribution is 0.486. The second-order valence-electron chi connectivity index (χ2n) is 3.97. The Morgan fingerprint density at radius 1 is 1.05 bits per heavy atom. The number of nitrogen functional groups attached to an aromatic ring is 2. The van der Waals surface area contributed by atoms with Gasteiger partial charge in [0, 0.05) is 0 Å². The average molecular weight is 289 g/mol. The second kappa shape index (κ2) is 5.11. The van der Waals surface area contributed by atoms with E-state index in [4.69, 9.17) is 20.9 Å². The largest absolute Gasteiger partial charge is 0.397 e. The molecule has 7 heteroatoms. The summed E-state index contributed by atoms with van der Waals surface area (Å²) in [6.45, 7) is 0. The molecule has 0 unspecified atom stereocenters. The summed E-state index contributed by atoms with van der Waals surface area (Å²) in [7, 11) is -4.02. The zero-order chi connectivity index (χ0) is 14.8. The van der Waals surface area contributed by atoms with Crippen LogP contribution in [0.1, 0.15) is 5.56 Å². The zero-order valence-corrected chi connectivity index (χ0v) is 11.1. The van der Waals surface area contributed by atoms with Gasteiger partial charge in [0.2, 0.25) is 0 Å². The van der Waals surface area contributed by atoms with Gasteiger partial charge in [0.05, 0.1) is 23.0 Å². The van der Waals surface area contributed by atoms with Crippen LogP contribution in [0, 0.1) is 11.3 Å². The van der Waals surface area contributed by atoms with E-state index in [0.29, 0.717) is 5.56 Å². The lowest BCUT2D eigenvalue weighted by atomic mass is 10.2. The van der Waals surface area contributed by atoms with Crippen molar-refractivity contribution >= 4 is 21.5 Å². The summed E-state index contributed by atoms with van der Waals surface area (Å²) in [5.74, 6) is 0.0550. The Bertz CT molecular complexity index is 795. The predicted molar refractivity (Wildman–Crippen MR) is 74.2 cm³/mol. The molecule has 0 heterocycles. The molecule has 2 aromatic rings. The summed E-state index contributed by atoms with van der Waals surface area (Å²) < 4.78 is 29.1. The highest BCUT2D eigenvalue weighted by Gasteiger charge is 2.17. The molecule has 0 amide bonds. The average Bonchev–Trinajstić information content (AvgIpc) is 2.41. The van der Waals surface area contributed by atoms with Crippen molar-refractivity contribution in [3.8, 4) is 11.8 Å². The van der Waals surface area contributed by atoms with E-state index in [1.54, 1.807) is 6.07 Å². The molecule has 102 valence electrons. The van der Waals surface area contributed by atoms with Crippen LogP contribution in [0.5, 0.6) is 5.75 Å². The number of anilines is 2. The molecule has 0 aliphatic heterocycles. The van der Waals surface area contributed by atoms with Gasteiger partial charge in [-0.3, -0.25) is 0 Å². The minimum absolute atomic E-state index is 0.0550. The highest BCUT2D eigenvalue weighted by atomic mass is 32.2. The van der Waals surface area contributed by atoms with Crippen LogP contribution in [0.4, 0.5) is 11.4 Å². The fraction of sp³-hybridized carbons (Fsp3) is 0. The molecular weight excluding hydrogens is 278 g/mol. The van der Waals surface area contributed by atoms with E-state index in [-0.39, 0.29) is 22.0 Å². The smallest absolute Gasteiger partial charge is 0.339 e. The number of rotatable bonds is 3. The Balaban J connectivity index is 2.35. The van der Waals surface area contributed by atoms with Crippen molar-refractivity contribution in [1.82, 2.24) is 0 Å². The topological polar surface area (TPSA) is 119 Å². The van der Waals surface area contributed by atoms with E-state index in [2.05, 4.69) is 0 Å². The molecule has 6 nitrogen and oxygen atoms in total. The Kier molecular flexibility index (Phi) is 3.50. The summed E-state index contributed by atoms with van der Waals surface area (Å²) in [6.07, 6.45) is 0. The Morgan fingerprint density at radius 2 is 1.80 bits per heavy atom. The SMILES string of the molecule is N#Cc1cccc(OS(=O)(=O)c2ccc(N)c(N)c2)c1. The van der Waals surface area contributed by atoms with Crippen LogP contribution < -0.4 is 15.7 Å². The number of hydrogen-bond donors (Lipinski definition) is 2. The molecule has 0 atom stereocenters. The summed E-state index contributed by atoms with van der Waals surface area (Å²) in [5, 5.41) is 8.76. The third kappa shape index (κ3) is 2.81. The first-order valence-electron chi connectivity index (χ1n) is 5.52. The van der Waals surface area contributed by atoms with Crippen LogP contribution >= 0.6 is 0 Å². The molecule has 0 aliphatic carbocycles. The summed E-state index contributed by atoms with van der Waals surface area (Å²) in [6, 6.07) is 11.7. The summed E-state index contributed by atoms with van der Waals surface area (Å²) in [5.41, 5.74) is 11.8. The zero-order valence-electron chi connectivity index (χ0n) is 10.3. The van der Waals surface area contributed by atoms with E-state index in [1.165, 1.54) is 36.4 Å². The highest BCUT2D eigenvalue weighted by Crippen LogP contribution is 2.23. The number of hydrogen-bond acceptors (Lipinski definition) is 6. The van der Waals surface area contributed by atoms with E-state index in [0.717, 1.165) is 0 Å². The molecule has 20 heavy (non-hydrogen) atoms. The van der Waals surface area contributed by atoms with Crippen molar-refractivity contribution in [3.05, 3.63) is 48.0 Å². The van der Waals surface area contributed by atoms with Crippen LogP contribution in [0.3, 0.4) is 0 Å². The van der Waals surface area contributed by atoms with Crippen LogP contribution in [-0.2, 0) is 10.1 Å². The third-order valence-electron chi connectivity index (χ3n) is 2.52. The normalized spacial score (nSPS) is 10.8. The molecule has 0 aromatic heterocycles. The molecular formula is C13H11N3O3S.